The minimum atomic E-state index is -4.74. The third-order valence-electron chi connectivity index (χ3n) is 3.57. The monoisotopic (exact) mass is 346 g/mol. The molecule has 1 amide bonds. The predicted octanol–water partition coefficient (Wildman–Crippen LogP) is 1.45. The summed E-state index contributed by atoms with van der Waals surface area (Å²) in [7, 11) is 1.24. The first-order valence-electron chi connectivity index (χ1n) is 7.22. The number of esters is 1. The van der Waals surface area contributed by atoms with E-state index in [1.807, 2.05) is 0 Å². The van der Waals surface area contributed by atoms with Crippen molar-refractivity contribution in [3.05, 3.63) is 29.8 Å². The van der Waals surface area contributed by atoms with Crippen LogP contribution in [-0.4, -0.2) is 49.4 Å². The number of nitrogens with one attached hydrogen (secondary N) is 1. The summed E-state index contributed by atoms with van der Waals surface area (Å²) in [5.41, 5.74) is 0.703. The average Bonchev–Trinajstić information content (AvgIpc) is 2.51. The number of piperazine rings is 1. The first-order valence-corrected chi connectivity index (χ1v) is 7.22. The van der Waals surface area contributed by atoms with Crippen molar-refractivity contribution < 1.29 is 32.2 Å². The molecule has 1 fully saturated rings. The van der Waals surface area contributed by atoms with Crippen molar-refractivity contribution in [1.82, 2.24) is 10.2 Å². The van der Waals surface area contributed by atoms with E-state index < -0.39 is 18.4 Å². The first-order chi connectivity index (χ1) is 11.3. The molecular weight excluding hydrogens is 329 g/mol. The standard InChI is InChI=1S/C15H17F3N2O4/c1-23-13(21)8-12-14(22)19-6-7-20(12)9-10-2-4-11(5-3-10)24-15(16,17)18/h2-5,12H,6-9H2,1H3,(H,19,22)/t12-/m0/s1. The van der Waals surface area contributed by atoms with Gasteiger partial charge in [0, 0.05) is 19.6 Å². The molecule has 0 aliphatic carbocycles. The highest BCUT2D eigenvalue weighted by Crippen LogP contribution is 2.23. The molecule has 1 atom stereocenters. The maximum Gasteiger partial charge on any atom is 0.573 e. The van der Waals surface area contributed by atoms with Gasteiger partial charge in [-0.25, -0.2) is 0 Å². The molecule has 9 heteroatoms. The van der Waals surface area contributed by atoms with Gasteiger partial charge in [-0.2, -0.15) is 0 Å². The van der Waals surface area contributed by atoms with Gasteiger partial charge < -0.3 is 14.8 Å². The summed E-state index contributed by atoms with van der Waals surface area (Å²) >= 11 is 0. The highest BCUT2D eigenvalue weighted by atomic mass is 19.4. The lowest BCUT2D eigenvalue weighted by Gasteiger charge is -2.34. The maximum atomic E-state index is 12.1. The summed E-state index contributed by atoms with van der Waals surface area (Å²) in [6.45, 7) is 1.28. The summed E-state index contributed by atoms with van der Waals surface area (Å²) < 4.78 is 44.8. The fourth-order valence-corrected chi connectivity index (χ4v) is 2.45. The van der Waals surface area contributed by atoms with Gasteiger partial charge in [0.15, 0.2) is 0 Å². The van der Waals surface area contributed by atoms with Crippen LogP contribution in [0.1, 0.15) is 12.0 Å². The molecule has 6 nitrogen and oxygen atoms in total. The summed E-state index contributed by atoms with van der Waals surface area (Å²) in [5.74, 6) is -1.09. The molecule has 0 saturated carbocycles. The summed E-state index contributed by atoms with van der Waals surface area (Å²) in [6, 6.07) is 4.73. The number of carbonyl (C=O) groups is 2. The number of alkyl halides is 3. The number of amides is 1. The predicted molar refractivity (Wildman–Crippen MR) is 77.0 cm³/mol. The second-order valence-electron chi connectivity index (χ2n) is 5.25. The Kier molecular flexibility index (Phi) is 5.66. The highest BCUT2D eigenvalue weighted by Gasteiger charge is 2.32. The van der Waals surface area contributed by atoms with Crippen LogP contribution in [0.2, 0.25) is 0 Å². The largest absolute Gasteiger partial charge is 0.573 e. The van der Waals surface area contributed by atoms with Gasteiger partial charge in [-0.15, -0.1) is 13.2 Å². The summed E-state index contributed by atoms with van der Waals surface area (Å²) in [4.78, 5) is 25.2. The van der Waals surface area contributed by atoms with Crippen molar-refractivity contribution in [3.8, 4) is 5.75 Å². The number of hydrogen-bond acceptors (Lipinski definition) is 5. The van der Waals surface area contributed by atoms with Crippen molar-refractivity contribution in [3.63, 3.8) is 0 Å². The third-order valence-corrected chi connectivity index (χ3v) is 3.57. The second-order valence-corrected chi connectivity index (χ2v) is 5.25. The van der Waals surface area contributed by atoms with Crippen molar-refractivity contribution in [2.75, 3.05) is 20.2 Å². The van der Waals surface area contributed by atoms with Crippen LogP contribution in [0.5, 0.6) is 5.75 Å². The van der Waals surface area contributed by atoms with Gasteiger partial charge in [-0.05, 0) is 17.7 Å². The molecule has 1 aromatic rings. The number of ether oxygens (including phenoxy) is 2. The Morgan fingerprint density at radius 1 is 1.33 bits per heavy atom. The molecule has 132 valence electrons. The van der Waals surface area contributed by atoms with E-state index in [2.05, 4.69) is 14.8 Å². The zero-order valence-corrected chi connectivity index (χ0v) is 12.9. The number of carbonyl (C=O) groups excluding carboxylic acids is 2. The van der Waals surface area contributed by atoms with Gasteiger partial charge in [0.25, 0.3) is 0 Å². The van der Waals surface area contributed by atoms with E-state index in [1.54, 1.807) is 4.90 Å². The quantitative estimate of drug-likeness (QED) is 0.818. The van der Waals surface area contributed by atoms with Crippen LogP contribution < -0.4 is 10.1 Å². The zero-order valence-electron chi connectivity index (χ0n) is 12.9. The molecule has 1 aliphatic rings. The normalized spacial score (nSPS) is 18.8. The van der Waals surface area contributed by atoms with Crippen molar-refractivity contribution >= 4 is 11.9 Å². The first kappa shape index (κ1) is 18.1. The van der Waals surface area contributed by atoms with E-state index >= 15 is 0 Å². The Balaban J connectivity index is 2.04. The molecule has 0 unspecified atom stereocenters. The molecule has 2 rings (SSSR count). The average molecular weight is 346 g/mol. The van der Waals surface area contributed by atoms with Crippen molar-refractivity contribution in [2.24, 2.45) is 0 Å². The minimum Gasteiger partial charge on any atom is -0.469 e. The lowest BCUT2D eigenvalue weighted by atomic mass is 10.1. The fraction of sp³-hybridized carbons (Fsp3) is 0.467. The lowest BCUT2D eigenvalue weighted by molar-refractivity contribution is -0.274. The van der Waals surface area contributed by atoms with Crippen LogP contribution in [0, 0.1) is 0 Å². The number of halogens is 3. The van der Waals surface area contributed by atoms with Crippen LogP contribution in [0.3, 0.4) is 0 Å². The van der Waals surface area contributed by atoms with Crippen molar-refractivity contribution in [1.29, 1.82) is 0 Å². The Morgan fingerprint density at radius 2 is 2.00 bits per heavy atom. The van der Waals surface area contributed by atoms with Gasteiger partial charge in [-0.3, -0.25) is 14.5 Å². The van der Waals surface area contributed by atoms with Gasteiger partial charge >= 0.3 is 12.3 Å². The summed E-state index contributed by atoms with van der Waals surface area (Å²) in [6.07, 6.45) is -4.82. The van der Waals surface area contributed by atoms with Crippen LogP contribution in [0.4, 0.5) is 13.2 Å². The summed E-state index contributed by atoms with van der Waals surface area (Å²) in [5, 5.41) is 2.68. The topological polar surface area (TPSA) is 67.9 Å². The Labute approximate surface area is 136 Å². The molecule has 0 spiro atoms. The SMILES string of the molecule is COC(=O)C[C@H]1C(=O)NCCN1Cc1ccc(OC(F)(F)F)cc1. The van der Waals surface area contributed by atoms with Crippen molar-refractivity contribution in [2.45, 2.75) is 25.4 Å². The van der Waals surface area contributed by atoms with E-state index in [-0.39, 0.29) is 18.1 Å². The Morgan fingerprint density at radius 3 is 2.58 bits per heavy atom. The molecule has 1 aromatic carbocycles. The molecule has 0 bridgehead atoms. The smallest absolute Gasteiger partial charge is 0.469 e. The van der Waals surface area contributed by atoms with Gasteiger partial charge in [0.1, 0.15) is 11.8 Å². The van der Waals surface area contributed by atoms with Crippen LogP contribution in [0.15, 0.2) is 24.3 Å². The van der Waals surface area contributed by atoms with Gasteiger partial charge in [0.2, 0.25) is 5.91 Å². The molecule has 1 N–H and O–H groups in total. The van der Waals surface area contributed by atoms with E-state index in [0.717, 1.165) is 0 Å². The minimum absolute atomic E-state index is 0.0857. The van der Waals surface area contributed by atoms with E-state index in [9.17, 15) is 22.8 Å². The van der Waals surface area contributed by atoms with Gasteiger partial charge in [0.05, 0.1) is 13.5 Å². The molecule has 1 heterocycles. The number of rotatable bonds is 5. The van der Waals surface area contributed by atoms with Crippen LogP contribution in [0.25, 0.3) is 0 Å². The van der Waals surface area contributed by atoms with Gasteiger partial charge in [-0.1, -0.05) is 12.1 Å². The van der Waals surface area contributed by atoms with E-state index in [4.69, 9.17) is 0 Å². The Hall–Kier alpha value is -2.29. The number of nitrogens with zero attached hydrogens (tertiary/aromatic N) is 1. The number of benzene rings is 1. The van der Waals surface area contributed by atoms with Crippen LogP contribution >= 0.6 is 0 Å². The molecule has 1 saturated heterocycles. The second kappa shape index (κ2) is 7.52. The number of hydrogen-bond donors (Lipinski definition) is 1. The van der Waals surface area contributed by atoms with E-state index in [0.29, 0.717) is 25.2 Å². The molecule has 1 aliphatic heterocycles. The lowest BCUT2D eigenvalue weighted by Crippen LogP contribution is -2.55. The van der Waals surface area contributed by atoms with Crippen LogP contribution in [-0.2, 0) is 20.9 Å². The molecule has 0 radical (unpaired) electrons. The molecule has 0 aromatic heterocycles. The zero-order chi connectivity index (χ0) is 17.7. The fourth-order valence-electron chi connectivity index (χ4n) is 2.45. The Bertz CT molecular complexity index is 589. The maximum absolute atomic E-state index is 12.1. The third kappa shape index (κ3) is 5.12. The molecular formula is C15H17F3N2O4. The highest BCUT2D eigenvalue weighted by molar-refractivity contribution is 5.87. The number of methoxy groups -OCH3 is 1. The van der Waals surface area contributed by atoms with E-state index in [1.165, 1.54) is 31.4 Å². The molecule has 24 heavy (non-hydrogen) atoms.